The van der Waals surface area contributed by atoms with E-state index in [9.17, 15) is 4.79 Å². The Hall–Kier alpha value is -2.09. The Kier molecular flexibility index (Phi) is 2.73. The molecular weight excluding hydrogens is 198 g/mol. The first-order valence-corrected chi connectivity index (χ1v) is 5.15. The van der Waals surface area contributed by atoms with Gasteiger partial charge in [0.2, 0.25) is 0 Å². The van der Waals surface area contributed by atoms with Gasteiger partial charge in [-0.3, -0.25) is 4.79 Å². The van der Waals surface area contributed by atoms with E-state index >= 15 is 0 Å². The van der Waals surface area contributed by atoms with E-state index in [1.165, 1.54) is 0 Å². The van der Waals surface area contributed by atoms with Crippen LogP contribution in [0.5, 0.6) is 0 Å². The smallest absolute Gasteiger partial charge is 0.196 e. The van der Waals surface area contributed by atoms with Crippen LogP contribution in [-0.4, -0.2) is 4.98 Å². The highest BCUT2D eigenvalue weighted by Crippen LogP contribution is 2.11. The van der Waals surface area contributed by atoms with Gasteiger partial charge in [-0.25, -0.2) is 0 Å². The molecule has 0 fully saturated rings. The Morgan fingerprint density at radius 2 is 2.06 bits per heavy atom. The number of pyridine rings is 1. The number of benzene rings is 1. The summed E-state index contributed by atoms with van der Waals surface area (Å²) in [6.07, 6.45) is 5.22. The number of aryl methyl sites for hydroxylation is 1. The number of H-pyrrole nitrogens is 1. The topological polar surface area (TPSA) is 32.9 Å². The monoisotopic (exact) mass is 211 g/mol. The Morgan fingerprint density at radius 1 is 1.31 bits per heavy atom. The second kappa shape index (κ2) is 4.19. The Morgan fingerprint density at radius 3 is 2.81 bits per heavy atom. The first kappa shape index (κ1) is 10.4. The van der Waals surface area contributed by atoms with Crippen LogP contribution in [-0.2, 0) is 0 Å². The number of hydrogen-bond donors (Lipinski definition) is 1. The molecule has 80 valence electrons. The minimum absolute atomic E-state index is 0.0601. The van der Waals surface area contributed by atoms with E-state index in [0.717, 1.165) is 16.6 Å². The van der Waals surface area contributed by atoms with Crippen LogP contribution in [0.3, 0.4) is 0 Å². The summed E-state index contributed by atoms with van der Waals surface area (Å²) >= 11 is 0. The molecule has 0 radical (unpaired) electrons. The fraction of sp³-hybridized carbons (Fsp3) is 0.0714. The standard InChI is InChI=1S/C14H13NO/c1-3-4-7-11-10(2)15-13-9-6-5-8-12(13)14(11)16/h3-9H,1H2,2H3,(H,15,16)/b7-4-. The van der Waals surface area contributed by atoms with Crippen LogP contribution in [0.1, 0.15) is 11.3 Å². The fourth-order valence-corrected chi connectivity index (χ4v) is 1.74. The van der Waals surface area contributed by atoms with E-state index < -0.39 is 0 Å². The van der Waals surface area contributed by atoms with Crippen molar-refractivity contribution in [3.8, 4) is 0 Å². The van der Waals surface area contributed by atoms with E-state index in [4.69, 9.17) is 0 Å². The van der Waals surface area contributed by atoms with Gasteiger partial charge in [-0.1, -0.05) is 30.9 Å². The number of allylic oxidation sites excluding steroid dienone is 2. The average molecular weight is 211 g/mol. The van der Waals surface area contributed by atoms with E-state index in [1.54, 1.807) is 18.2 Å². The minimum atomic E-state index is 0.0601. The predicted octanol–water partition coefficient (Wildman–Crippen LogP) is 3.04. The van der Waals surface area contributed by atoms with E-state index in [-0.39, 0.29) is 5.43 Å². The van der Waals surface area contributed by atoms with Crippen LogP contribution in [0, 0.1) is 6.92 Å². The van der Waals surface area contributed by atoms with Crippen molar-refractivity contribution in [1.82, 2.24) is 4.98 Å². The molecule has 1 heterocycles. The molecule has 1 aromatic carbocycles. The van der Waals surface area contributed by atoms with Gasteiger partial charge in [-0.05, 0) is 25.1 Å². The Balaban J connectivity index is 2.80. The molecule has 0 bridgehead atoms. The second-order valence-electron chi connectivity index (χ2n) is 3.63. The number of rotatable bonds is 2. The Bertz CT molecular complexity index is 620. The van der Waals surface area contributed by atoms with Crippen LogP contribution < -0.4 is 5.43 Å². The lowest BCUT2D eigenvalue weighted by Crippen LogP contribution is -2.09. The van der Waals surface area contributed by atoms with Crippen molar-refractivity contribution in [2.45, 2.75) is 6.92 Å². The van der Waals surface area contributed by atoms with Crippen LogP contribution >= 0.6 is 0 Å². The normalized spacial score (nSPS) is 11.1. The van der Waals surface area contributed by atoms with Gasteiger partial charge in [0.05, 0.1) is 0 Å². The molecule has 2 heteroatoms. The summed E-state index contributed by atoms with van der Waals surface area (Å²) in [6, 6.07) is 7.52. The zero-order chi connectivity index (χ0) is 11.5. The third kappa shape index (κ3) is 1.70. The average Bonchev–Trinajstić information content (AvgIpc) is 2.29. The Labute approximate surface area is 93.9 Å². The number of aromatic amines is 1. The number of nitrogens with one attached hydrogen (secondary N) is 1. The zero-order valence-electron chi connectivity index (χ0n) is 9.16. The van der Waals surface area contributed by atoms with E-state index in [2.05, 4.69) is 11.6 Å². The van der Waals surface area contributed by atoms with Gasteiger partial charge in [-0.2, -0.15) is 0 Å². The van der Waals surface area contributed by atoms with Crippen LogP contribution in [0.2, 0.25) is 0 Å². The van der Waals surface area contributed by atoms with Gasteiger partial charge < -0.3 is 4.98 Å². The first-order chi connectivity index (χ1) is 7.74. The van der Waals surface area contributed by atoms with Gasteiger partial charge in [0.1, 0.15) is 0 Å². The lowest BCUT2D eigenvalue weighted by atomic mass is 10.1. The highest BCUT2D eigenvalue weighted by Gasteiger charge is 2.05. The predicted molar refractivity (Wildman–Crippen MR) is 68.5 cm³/mol. The molecule has 0 aliphatic rings. The van der Waals surface area contributed by atoms with Crippen molar-refractivity contribution < 1.29 is 0 Å². The molecule has 16 heavy (non-hydrogen) atoms. The third-order valence-electron chi connectivity index (χ3n) is 2.54. The highest BCUT2D eigenvalue weighted by atomic mass is 16.1. The van der Waals surface area contributed by atoms with Crippen molar-refractivity contribution in [3.05, 3.63) is 64.5 Å². The van der Waals surface area contributed by atoms with Crippen molar-refractivity contribution in [2.24, 2.45) is 0 Å². The highest BCUT2D eigenvalue weighted by molar-refractivity contribution is 5.81. The lowest BCUT2D eigenvalue weighted by Gasteiger charge is -2.03. The SMILES string of the molecule is C=C/C=C\c1c(C)[nH]c2ccccc2c1=O. The van der Waals surface area contributed by atoms with Gasteiger partial charge >= 0.3 is 0 Å². The maximum absolute atomic E-state index is 12.1. The molecule has 2 rings (SSSR count). The number of para-hydroxylation sites is 1. The maximum Gasteiger partial charge on any atom is 0.196 e. The molecule has 0 spiro atoms. The minimum Gasteiger partial charge on any atom is -0.358 e. The van der Waals surface area contributed by atoms with Crippen LogP contribution in [0.15, 0.2) is 47.8 Å². The molecule has 2 nitrogen and oxygen atoms in total. The molecular formula is C14H13NO. The molecule has 0 saturated heterocycles. The van der Waals surface area contributed by atoms with Gasteiger partial charge in [0, 0.05) is 22.2 Å². The molecule has 0 aliphatic heterocycles. The van der Waals surface area contributed by atoms with Crippen LogP contribution in [0.25, 0.3) is 17.0 Å². The lowest BCUT2D eigenvalue weighted by molar-refractivity contribution is 1.23. The molecule has 0 atom stereocenters. The van der Waals surface area contributed by atoms with Crippen LogP contribution in [0.4, 0.5) is 0 Å². The quantitative estimate of drug-likeness (QED) is 0.761. The third-order valence-corrected chi connectivity index (χ3v) is 2.54. The molecule has 0 aliphatic carbocycles. The van der Waals surface area contributed by atoms with Gasteiger partial charge in [-0.15, -0.1) is 0 Å². The molecule has 0 saturated carbocycles. The summed E-state index contributed by atoms with van der Waals surface area (Å²) in [5.41, 5.74) is 2.51. The van der Waals surface area contributed by atoms with Crippen molar-refractivity contribution in [3.63, 3.8) is 0 Å². The molecule has 0 amide bonds. The van der Waals surface area contributed by atoms with E-state index in [0.29, 0.717) is 5.56 Å². The largest absolute Gasteiger partial charge is 0.358 e. The number of fused-ring (bicyclic) bond motifs is 1. The first-order valence-electron chi connectivity index (χ1n) is 5.15. The van der Waals surface area contributed by atoms with E-state index in [1.807, 2.05) is 31.2 Å². The van der Waals surface area contributed by atoms with Crippen molar-refractivity contribution in [1.29, 1.82) is 0 Å². The summed E-state index contributed by atoms with van der Waals surface area (Å²) in [4.78, 5) is 15.4. The molecule has 0 unspecified atom stereocenters. The van der Waals surface area contributed by atoms with Gasteiger partial charge in [0.15, 0.2) is 5.43 Å². The van der Waals surface area contributed by atoms with Crippen molar-refractivity contribution in [2.75, 3.05) is 0 Å². The molecule has 1 N–H and O–H groups in total. The summed E-state index contributed by atoms with van der Waals surface area (Å²) in [6.45, 7) is 5.50. The number of hydrogen-bond acceptors (Lipinski definition) is 1. The summed E-state index contributed by atoms with van der Waals surface area (Å²) in [5.74, 6) is 0. The summed E-state index contributed by atoms with van der Waals surface area (Å²) < 4.78 is 0. The zero-order valence-corrected chi connectivity index (χ0v) is 9.16. The van der Waals surface area contributed by atoms with Gasteiger partial charge in [0.25, 0.3) is 0 Å². The second-order valence-corrected chi connectivity index (χ2v) is 3.63. The molecule has 2 aromatic rings. The number of aromatic nitrogens is 1. The van der Waals surface area contributed by atoms with Crippen molar-refractivity contribution >= 4 is 17.0 Å². The molecule has 1 aromatic heterocycles. The maximum atomic E-state index is 12.1. The fourth-order valence-electron chi connectivity index (χ4n) is 1.74. The summed E-state index contributed by atoms with van der Waals surface area (Å²) in [7, 11) is 0. The summed E-state index contributed by atoms with van der Waals surface area (Å²) in [5, 5.41) is 0.719.